The molecule has 15 heavy (non-hydrogen) atoms. The molecule has 0 amide bonds. The number of fused-ring (bicyclic) bond motifs is 1. The molecular weight excluding hydrogens is 314 g/mol. The average Bonchev–Trinajstić information content (AvgIpc) is 2.42. The number of non-ortho nitro benzene ring substituents is 1. The van der Waals surface area contributed by atoms with Gasteiger partial charge in [-0.1, -0.05) is 0 Å². The van der Waals surface area contributed by atoms with Crippen molar-refractivity contribution in [2.24, 2.45) is 7.05 Å². The summed E-state index contributed by atoms with van der Waals surface area (Å²) >= 11 is 2.03. The van der Waals surface area contributed by atoms with Gasteiger partial charge in [0.1, 0.15) is 0 Å². The molecule has 0 aliphatic carbocycles. The van der Waals surface area contributed by atoms with E-state index in [1.807, 2.05) is 22.6 Å². The van der Waals surface area contributed by atoms with Crippen LogP contribution in [0.1, 0.15) is 0 Å². The standard InChI is InChI=1S/C9H6FIN2O2/c1-12-4-8(11)6-2-5(13(14)15)3-7(10)9(6)12/h2-4H,1H3. The molecule has 1 heterocycles. The van der Waals surface area contributed by atoms with Crippen LogP contribution < -0.4 is 0 Å². The zero-order valence-corrected chi connectivity index (χ0v) is 9.86. The fraction of sp³-hybridized carbons (Fsp3) is 0.111. The van der Waals surface area contributed by atoms with Gasteiger partial charge in [0.2, 0.25) is 0 Å². The molecule has 0 saturated heterocycles. The van der Waals surface area contributed by atoms with Gasteiger partial charge in [-0.3, -0.25) is 10.1 Å². The monoisotopic (exact) mass is 320 g/mol. The molecule has 0 fully saturated rings. The van der Waals surface area contributed by atoms with Crippen LogP contribution in [0.5, 0.6) is 0 Å². The van der Waals surface area contributed by atoms with Crippen molar-refractivity contribution >= 4 is 39.2 Å². The fourth-order valence-electron chi connectivity index (χ4n) is 1.53. The molecule has 0 spiro atoms. The Morgan fingerprint density at radius 3 is 2.80 bits per heavy atom. The van der Waals surface area contributed by atoms with Gasteiger partial charge in [-0.2, -0.15) is 0 Å². The predicted octanol–water partition coefficient (Wildman–Crippen LogP) is 2.83. The molecule has 4 nitrogen and oxygen atoms in total. The van der Waals surface area contributed by atoms with Gasteiger partial charge in [-0.15, -0.1) is 0 Å². The minimum atomic E-state index is -0.592. The summed E-state index contributed by atoms with van der Waals surface area (Å²) in [4.78, 5) is 9.95. The number of hydrogen-bond donors (Lipinski definition) is 0. The highest BCUT2D eigenvalue weighted by molar-refractivity contribution is 14.1. The van der Waals surface area contributed by atoms with Crippen LogP contribution in [-0.4, -0.2) is 9.49 Å². The molecule has 1 aromatic heterocycles. The van der Waals surface area contributed by atoms with Gasteiger partial charge >= 0.3 is 0 Å². The van der Waals surface area contributed by atoms with Gasteiger partial charge in [-0.05, 0) is 22.6 Å². The number of halogens is 2. The first-order valence-corrected chi connectivity index (χ1v) is 5.17. The zero-order chi connectivity index (χ0) is 11.2. The van der Waals surface area contributed by atoms with E-state index in [1.54, 1.807) is 17.8 Å². The van der Waals surface area contributed by atoms with E-state index < -0.39 is 10.7 Å². The van der Waals surface area contributed by atoms with Gasteiger partial charge in [0, 0.05) is 28.3 Å². The van der Waals surface area contributed by atoms with Crippen LogP contribution in [0.4, 0.5) is 10.1 Å². The summed E-state index contributed by atoms with van der Waals surface area (Å²) in [5.41, 5.74) is 0.175. The highest BCUT2D eigenvalue weighted by Crippen LogP contribution is 2.28. The van der Waals surface area contributed by atoms with Gasteiger partial charge in [0.25, 0.3) is 5.69 Å². The van der Waals surface area contributed by atoms with E-state index in [4.69, 9.17) is 0 Å². The molecule has 0 N–H and O–H groups in total. The lowest BCUT2D eigenvalue weighted by molar-refractivity contribution is -0.384. The van der Waals surface area contributed by atoms with E-state index in [1.165, 1.54) is 6.07 Å². The number of aryl methyl sites for hydroxylation is 1. The third-order valence-electron chi connectivity index (χ3n) is 2.18. The predicted molar refractivity (Wildman–Crippen MR) is 62.2 cm³/mol. The normalized spacial score (nSPS) is 10.9. The second-order valence-corrected chi connectivity index (χ2v) is 4.33. The third-order valence-corrected chi connectivity index (χ3v) is 3.04. The molecule has 0 atom stereocenters. The first-order valence-electron chi connectivity index (χ1n) is 4.09. The van der Waals surface area contributed by atoms with Crippen molar-refractivity contribution < 1.29 is 9.31 Å². The largest absolute Gasteiger partial charge is 0.347 e. The van der Waals surface area contributed by atoms with Crippen molar-refractivity contribution in [2.75, 3.05) is 0 Å². The number of benzene rings is 1. The smallest absolute Gasteiger partial charge is 0.273 e. The first kappa shape index (κ1) is 10.3. The second-order valence-electron chi connectivity index (χ2n) is 3.17. The zero-order valence-electron chi connectivity index (χ0n) is 7.70. The molecule has 6 heteroatoms. The summed E-state index contributed by atoms with van der Waals surface area (Å²) in [5.74, 6) is -0.565. The fourth-order valence-corrected chi connectivity index (χ4v) is 2.36. The lowest BCUT2D eigenvalue weighted by Gasteiger charge is -1.98. The maximum Gasteiger partial charge on any atom is 0.273 e. The van der Waals surface area contributed by atoms with Gasteiger partial charge in [0.05, 0.1) is 16.5 Å². The Morgan fingerprint density at radius 2 is 2.20 bits per heavy atom. The molecule has 0 unspecified atom stereocenters. The minimum Gasteiger partial charge on any atom is -0.347 e. The van der Waals surface area contributed by atoms with Crippen LogP contribution >= 0.6 is 22.6 Å². The summed E-state index contributed by atoms with van der Waals surface area (Å²) in [6, 6.07) is 2.33. The van der Waals surface area contributed by atoms with Crippen LogP contribution in [0.2, 0.25) is 0 Å². The van der Waals surface area contributed by atoms with Gasteiger partial charge in [-0.25, -0.2) is 4.39 Å². The molecule has 0 saturated carbocycles. The molecule has 0 aliphatic heterocycles. The number of rotatable bonds is 1. The quantitative estimate of drug-likeness (QED) is 0.461. The Morgan fingerprint density at radius 1 is 1.53 bits per heavy atom. The van der Waals surface area contributed by atoms with E-state index in [0.717, 1.165) is 9.64 Å². The summed E-state index contributed by atoms with van der Waals surface area (Å²) in [7, 11) is 1.71. The Kier molecular flexibility index (Phi) is 2.37. The van der Waals surface area contributed by atoms with E-state index in [0.29, 0.717) is 10.9 Å². The van der Waals surface area contributed by atoms with Crippen LogP contribution in [0.25, 0.3) is 10.9 Å². The Hall–Kier alpha value is -1.18. The molecule has 2 aromatic rings. The van der Waals surface area contributed by atoms with Crippen molar-refractivity contribution in [3.8, 4) is 0 Å². The summed E-state index contributed by atoms with van der Waals surface area (Å²) < 4.78 is 16.0. The maximum absolute atomic E-state index is 13.6. The lowest BCUT2D eigenvalue weighted by atomic mass is 10.2. The second kappa shape index (κ2) is 3.44. The molecule has 0 radical (unpaired) electrons. The topological polar surface area (TPSA) is 48.1 Å². The Balaban J connectivity index is 2.87. The SMILES string of the molecule is Cn1cc(I)c2cc([N+](=O)[O-])cc(F)c21. The van der Waals surface area contributed by atoms with Crippen LogP contribution in [-0.2, 0) is 7.05 Å². The summed E-state index contributed by atoms with van der Waals surface area (Å²) in [6.07, 6.45) is 1.73. The highest BCUT2D eigenvalue weighted by atomic mass is 127. The van der Waals surface area contributed by atoms with Gasteiger partial charge in [0.15, 0.2) is 5.82 Å². The maximum atomic E-state index is 13.6. The summed E-state index contributed by atoms with van der Waals surface area (Å²) in [5, 5.41) is 11.1. The van der Waals surface area contributed by atoms with Crippen molar-refractivity contribution in [3.63, 3.8) is 0 Å². The van der Waals surface area contributed by atoms with E-state index in [2.05, 4.69) is 0 Å². The lowest BCUT2D eigenvalue weighted by Crippen LogP contribution is -1.92. The van der Waals surface area contributed by atoms with E-state index in [-0.39, 0.29) is 5.69 Å². The Labute approximate surface area is 98.0 Å². The number of nitrogens with zero attached hydrogens (tertiary/aromatic N) is 2. The molecule has 1 aromatic carbocycles. The van der Waals surface area contributed by atoms with Crippen molar-refractivity contribution in [1.29, 1.82) is 0 Å². The number of hydrogen-bond acceptors (Lipinski definition) is 2. The molecule has 0 bridgehead atoms. The molecule has 2 rings (SSSR count). The summed E-state index contributed by atoms with van der Waals surface area (Å²) in [6.45, 7) is 0. The van der Waals surface area contributed by atoms with Crippen molar-refractivity contribution in [3.05, 3.63) is 37.8 Å². The van der Waals surface area contributed by atoms with Crippen LogP contribution in [0, 0.1) is 19.5 Å². The van der Waals surface area contributed by atoms with Crippen molar-refractivity contribution in [1.82, 2.24) is 4.57 Å². The third kappa shape index (κ3) is 1.58. The van der Waals surface area contributed by atoms with Crippen LogP contribution in [0.3, 0.4) is 0 Å². The number of nitro groups is 1. The highest BCUT2D eigenvalue weighted by Gasteiger charge is 2.15. The molecule has 78 valence electrons. The van der Waals surface area contributed by atoms with Crippen molar-refractivity contribution in [2.45, 2.75) is 0 Å². The van der Waals surface area contributed by atoms with E-state index in [9.17, 15) is 14.5 Å². The average molecular weight is 320 g/mol. The van der Waals surface area contributed by atoms with Crippen LogP contribution in [0.15, 0.2) is 18.3 Å². The minimum absolute atomic E-state index is 0.218. The number of nitro benzene ring substituents is 1. The number of aromatic nitrogens is 1. The van der Waals surface area contributed by atoms with Gasteiger partial charge < -0.3 is 4.57 Å². The molecular formula is C9H6FIN2O2. The van der Waals surface area contributed by atoms with E-state index >= 15 is 0 Å². The Bertz CT molecular complexity index is 565. The first-order chi connectivity index (χ1) is 7.00. The molecule has 0 aliphatic rings.